The highest BCUT2D eigenvalue weighted by molar-refractivity contribution is 5.89. The number of piperazine rings is 1. The molecule has 1 fully saturated rings. The summed E-state index contributed by atoms with van der Waals surface area (Å²) >= 11 is 0. The summed E-state index contributed by atoms with van der Waals surface area (Å²) in [6.45, 7) is 8.88. The third-order valence-electron chi connectivity index (χ3n) is 3.18. The van der Waals surface area contributed by atoms with Crippen LogP contribution in [0, 0.1) is 6.92 Å². The van der Waals surface area contributed by atoms with E-state index in [4.69, 9.17) is 4.52 Å². The summed E-state index contributed by atoms with van der Waals surface area (Å²) in [5.74, 6) is 1.16. The molecule has 2 unspecified atom stereocenters. The molecule has 1 aromatic rings. The Morgan fingerprint density at radius 3 is 2.70 bits per heavy atom. The summed E-state index contributed by atoms with van der Waals surface area (Å²) in [6, 6.07) is 2.67. The number of halogens is 1. The Hall–Kier alpha value is -1.11. The molecule has 0 spiro atoms. The van der Waals surface area contributed by atoms with Gasteiger partial charge in [0.15, 0.2) is 5.82 Å². The maximum Gasteiger partial charge on any atom is 0.226 e. The predicted molar refractivity (Wildman–Crippen MR) is 80.2 cm³/mol. The number of nitrogens with zero attached hydrogens (tertiary/aromatic N) is 2. The third-order valence-corrected chi connectivity index (χ3v) is 3.18. The zero-order valence-corrected chi connectivity index (χ0v) is 13.0. The number of nitrogens with one attached hydrogen (secondary N) is 2. The van der Waals surface area contributed by atoms with E-state index in [0.29, 0.717) is 30.1 Å². The van der Waals surface area contributed by atoms with Crippen molar-refractivity contribution >= 4 is 24.1 Å². The normalized spacial score (nSPS) is 23.1. The first-order valence-corrected chi connectivity index (χ1v) is 6.74. The van der Waals surface area contributed by atoms with Gasteiger partial charge >= 0.3 is 0 Å². The van der Waals surface area contributed by atoms with Gasteiger partial charge in [-0.1, -0.05) is 5.16 Å². The quantitative estimate of drug-likeness (QED) is 0.880. The molecule has 114 valence electrons. The second-order valence-electron chi connectivity index (χ2n) is 5.35. The summed E-state index contributed by atoms with van der Waals surface area (Å²) < 4.78 is 4.90. The summed E-state index contributed by atoms with van der Waals surface area (Å²) in [4.78, 5) is 14.1. The van der Waals surface area contributed by atoms with Gasteiger partial charge in [0, 0.05) is 44.2 Å². The van der Waals surface area contributed by atoms with Crippen LogP contribution in [0.1, 0.15) is 26.0 Å². The Morgan fingerprint density at radius 1 is 1.50 bits per heavy atom. The number of rotatable bonds is 4. The van der Waals surface area contributed by atoms with E-state index in [2.05, 4.69) is 34.5 Å². The largest absolute Gasteiger partial charge is 0.360 e. The van der Waals surface area contributed by atoms with Gasteiger partial charge in [-0.2, -0.15) is 0 Å². The van der Waals surface area contributed by atoms with Gasteiger partial charge in [-0.05, 0) is 20.8 Å². The molecule has 1 saturated heterocycles. The van der Waals surface area contributed by atoms with Crippen LogP contribution in [0.3, 0.4) is 0 Å². The standard InChI is InChI=1S/C13H22N4O2.ClH/c1-9-7-17(8-10(2)14-9)5-4-13(18)15-12-6-11(3)19-16-12;/h6,9-10,14H,4-5,7-8H2,1-3H3,(H,15,16,18);1H. The van der Waals surface area contributed by atoms with Crippen molar-refractivity contribution in [3.05, 3.63) is 11.8 Å². The number of hydrogen-bond acceptors (Lipinski definition) is 5. The van der Waals surface area contributed by atoms with Crippen molar-refractivity contribution in [1.29, 1.82) is 0 Å². The van der Waals surface area contributed by atoms with Crippen LogP contribution in [0.25, 0.3) is 0 Å². The van der Waals surface area contributed by atoms with Gasteiger partial charge in [0.2, 0.25) is 5.91 Å². The Bertz CT molecular complexity index is 428. The van der Waals surface area contributed by atoms with Gasteiger partial charge in [0.1, 0.15) is 5.76 Å². The van der Waals surface area contributed by atoms with Crippen molar-refractivity contribution in [1.82, 2.24) is 15.4 Å². The summed E-state index contributed by atoms with van der Waals surface area (Å²) in [7, 11) is 0. The van der Waals surface area contributed by atoms with Crippen molar-refractivity contribution in [2.24, 2.45) is 0 Å². The van der Waals surface area contributed by atoms with Crippen molar-refractivity contribution in [2.45, 2.75) is 39.3 Å². The van der Waals surface area contributed by atoms with Crippen LogP contribution in [0.4, 0.5) is 5.82 Å². The molecule has 0 aromatic carbocycles. The highest BCUT2D eigenvalue weighted by Gasteiger charge is 2.21. The van der Waals surface area contributed by atoms with Crippen LogP contribution in [0.15, 0.2) is 10.6 Å². The zero-order chi connectivity index (χ0) is 13.8. The predicted octanol–water partition coefficient (Wildman–Crippen LogP) is 1.42. The fourth-order valence-corrected chi connectivity index (χ4v) is 2.51. The van der Waals surface area contributed by atoms with E-state index >= 15 is 0 Å². The molecule has 2 rings (SSSR count). The summed E-state index contributed by atoms with van der Waals surface area (Å²) in [5.41, 5.74) is 0. The molecular weight excluding hydrogens is 280 g/mol. The fourth-order valence-electron chi connectivity index (χ4n) is 2.51. The molecule has 0 saturated carbocycles. The highest BCUT2D eigenvalue weighted by atomic mass is 35.5. The highest BCUT2D eigenvalue weighted by Crippen LogP contribution is 2.08. The second kappa shape index (κ2) is 7.61. The molecule has 0 aliphatic carbocycles. The van der Waals surface area contributed by atoms with Crippen LogP contribution >= 0.6 is 12.4 Å². The first-order valence-electron chi connectivity index (χ1n) is 6.74. The second-order valence-corrected chi connectivity index (χ2v) is 5.35. The third kappa shape index (κ3) is 5.11. The number of amides is 1. The number of anilines is 1. The van der Waals surface area contributed by atoms with Gasteiger partial charge in [0.05, 0.1) is 0 Å². The van der Waals surface area contributed by atoms with Crippen LogP contribution < -0.4 is 10.6 Å². The van der Waals surface area contributed by atoms with Crippen molar-refractivity contribution in [2.75, 3.05) is 25.0 Å². The molecule has 2 N–H and O–H groups in total. The molecule has 2 atom stereocenters. The van der Waals surface area contributed by atoms with Crippen LogP contribution in [0.5, 0.6) is 0 Å². The number of hydrogen-bond donors (Lipinski definition) is 2. The number of carbonyl (C=O) groups excluding carboxylic acids is 1. The van der Waals surface area contributed by atoms with E-state index in [9.17, 15) is 4.79 Å². The van der Waals surface area contributed by atoms with Crippen molar-refractivity contribution in [3.63, 3.8) is 0 Å². The first kappa shape index (κ1) is 16.9. The average Bonchev–Trinajstić information content (AvgIpc) is 2.71. The van der Waals surface area contributed by atoms with Gasteiger partial charge in [-0.15, -0.1) is 12.4 Å². The Kier molecular flexibility index (Phi) is 6.45. The van der Waals surface area contributed by atoms with E-state index in [-0.39, 0.29) is 18.3 Å². The van der Waals surface area contributed by atoms with Gasteiger partial charge < -0.3 is 15.2 Å². The average molecular weight is 303 g/mol. The van der Waals surface area contributed by atoms with Crippen LogP contribution in [-0.4, -0.2) is 47.7 Å². The zero-order valence-electron chi connectivity index (χ0n) is 12.2. The molecule has 7 heteroatoms. The van der Waals surface area contributed by atoms with Crippen molar-refractivity contribution < 1.29 is 9.32 Å². The minimum absolute atomic E-state index is 0. The minimum atomic E-state index is -0.0212. The van der Waals surface area contributed by atoms with E-state index in [1.807, 2.05) is 0 Å². The lowest BCUT2D eigenvalue weighted by molar-refractivity contribution is -0.116. The molecule has 0 radical (unpaired) electrons. The molecule has 1 aromatic heterocycles. The molecule has 20 heavy (non-hydrogen) atoms. The van der Waals surface area contributed by atoms with Crippen LogP contribution in [-0.2, 0) is 4.79 Å². The van der Waals surface area contributed by atoms with Crippen molar-refractivity contribution in [3.8, 4) is 0 Å². The van der Waals surface area contributed by atoms with Gasteiger partial charge in [-0.3, -0.25) is 9.69 Å². The van der Waals surface area contributed by atoms with E-state index in [0.717, 1.165) is 19.6 Å². The van der Waals surface area contributed by atoms with Gasteiger partial charge in [0.25, 0.3) is 0 Å². The molecular formula is C13H23ClN4O2. The van der Waals surface area contributed by atoms with Gasteiger partial charge in [-0.25, -0.2) is 0 Å². The number of carbonyl (C=O) groups is 1. The fraction of sp³-hybridized carbons (Fsp3) is 0.692. The number of aromatic nitrogens is 1. The first-order chi connectivity index (χ1) is 9.02. The molecule has 6 nitrogen and oxygen atoms in total. The Labute approximate surface area is 125 Å². The van der Waals surface area contributed by atoms with Crippen LogP contribution in [0.2, 0.25) is 0 Å². The molecule has 1 aliphatic rings. The number of aryl methyl sites for hydroxylation is 1. The maximum absolute atomic E-state index is 11.8. The maximum atomic E-state index is 11.8. The lowest BCUT2D eigenvalue weighted by Crippen LogP contribution is -2.54. The SMILES string of the molecule is Cc1cc(NC(=O)CCN2CC(C)NC(C)C2)no1.Cl. The molecule has 2 heterocycles. The molecule has 1 aliphatic heterocycles. The molecule has 0 bridgehead atoms. The topological polar surface area (TPSA) is 70.4 Å². The van der Waals surface area contributed by atoms with E-state index in [1.165, 1.54) is 0 Å². The summed E-state index contributed by atoms with van der Waals surface area (Å²) in [6.07, 6.45) is 0.478. The minimum Gasteiger partial charge on any atom is -0.360 e. The van der Waals surface area contributed by atoms with E-state index in [1.54, 1.807) is 13.0 Å². The monoisotopic (exact) mass is 302 g/mol. The molecule has 1 amide bonds. The van der Waals surface area contributed by atoms with E-state index < -0.39 is 0 Å². The summed E-state index contributed by atoms with van der Waals surface area (Å²) in [5, 5.41) is 9.96. The lowest BCUT2D eigenvalue weighted by Gasteiger charge is -2.35. The Balaban J connectivity index is 0.00000200. The lowest BCUT2D eigenvalue weighted by atomic mass is 10.1. The smallest absolute Gasteiger partial charge is 0.226 e. The Morgan fingerprint density at radius 2 is 2.15 bits per heavy atom.